The lowest BCUT2D eigenvalue weighted by Crippen LogP contribution is -2.50. The zero-order valence-electron chi connectivity index (χ0n) is 21.5. The van der Waals surface area contributed by atoms with Crippen LogP contribution in [0.2, 0.25) is 0 Å². The van der Waals surface area contributed by atoms with Gasteiger partial charge in [0.2, 0.25) is 10.0 Å². The monoisotopic (exact) mass is 513 g/mol. The molecular weight excluding hydrogens is 478 g/mol. The highest BCUT2D eigenvalue weighted by molar-refractivity contribution is 7.89. The number of carbonyl (C=O) groups excluding carboxylic acids is 1. The topological polar surface area (TPSA) is 100 Å². The van der Waals surface area contributed by atoms with Gasteiger partial charge in [0.15, 0.2) is 0 Å². The molecule has 0 spiro atoms. The van der Waals surface area contributed by atoms with E-state index in [1.165, 1.54) is 15.3 Å². The van der Waals surface area contributed by atoms with Crippen molar-refractivity contribution in [1.29, 1.82) is 0 Å². The van der Waals surface area contributed by atoms with Crippen molar-refractivity contribution in [2.45, 2.75) is 51.2 Å². The van der Waals surface area contributed by atoms with Gasteiger partial charge in [0, 0.05) is 43.7 Å². The second-order valence-corrected chi connectivity index (χ2v) is 11.6. The average molecular weight is 514 g/mol. The fourth-order valence-electron chi connectivity index (χ4n) is 3.92. The quantitative estimate of drug-likeness (QED) is 0.596. The lowest BCUT2D eigenvalue weighted by atomic mass is 10.0. The van der Waals surface area contributed by atoms with Crippen molar-refractivity contribution in [2.75, 3.05) is 26.7 Å². The predicted molar refractivity (Wildman–Crippen MR) is 138 cm³/mol. The second-order valence-electron chi connectivity index (χ2n) is 9.70. The molecule has 36 heavy (non-hydrogen) atoms. The van der Waals surface area contributed by atoms with Crippen LogP contribution in [0.5, 0.6) is 5.75 Å². The molecule has 194 valence electrons. The highest BCUT2D eigenvalue weighted by Gasteiger charge is 2.38. The minimum atomic E-state index is -3.94. The molecule has 1 amide bonds. The molecule has 0 aliphatic carbocycles. The molecule has 1 aliphatic rings. The fourth-order valence-corrected chi connectivity index (χ4v) is 5.74. The van der Waals surface area contributed by atoms with Crippen LogP contribution in [0.25, 0.3) is 0 Å². The summed E-state index contributed by atoms with van der Waals surface area (Å²) in [5.74, 6) is 6.29. The number of carbonyl (C=O) groups is 1. The molecule has 1 aromatic heterocycles. The molecule has 9 heteroatoms. The van der Waals surface area contributed by atoms with Crippen molar-refractivity contribution >= 4 is 15.9 Å². The Kier molecular flexibility index (Phi) is 9.12. The normalized spacial score (nSPS) is 20.2. The molecule has 1 N–H and O–H groups in total. The van der Waals surface area contributed by atoms with Gasteiger partial charge in [-0.3, -0.25) is 9.78 Å². The molecule has 2 heterocycles. The van der Waals surface area contributed by atoms with Crippen LogP contribution in [-0.2, 0) is 10.0 Å². The summed E-state index contributed by atoms with van der Waals surface area (Å²) in [5.41, 5.74) is 0.968. The van der Waals surface area contributed by atoms with Gasteiger partial charge in [-0.1, -0.05) is 38.7 Å². The van der Waals surface area contributed by atoms with Crippen LogP contribution < -0.4 is 4.74 Å². The van der Waals surface area contributed by atoms with E-state index >= 15 is 0 Å². The van der Waals surface area contributed by atoms with Gasteiger partial charge in [0.05, 0.1) is 13.2 Å². The van der Waals surface area contributed by atoms with E-state index in [0.717, 1.165) is 6.42 Å². The van der Waals surface area contributed by atoms with Crippen LogP contribution in [-0.4, -0.2) is 72.5 Å². The minimum absolute atomic E-state index is 0.0211. The molecule has 0 saturated heterocycles. The number of ether oxygens (including phenoxy) is 1. The van der Waals surface area contributed by atoms with Gasteiger partial charge >= 0.3 is 0 Å². The number of pyridine rings is 1. The van der Waals surface area contributed by atoms with Crippen LogP contribution in [0.3, 0.4) is 0 Å². The zero-order valence-corrected chi connectivity index (χ0v) is 22.3. The van der Waals surface area contributed by atoms with Gasteiger partial charge < -0.3 is 14.7 Å². The number of hydrogen-bond acceptors (Lipinski definition) is 6. The van der Waals surface area contributed by atoms with E-state index in [9.17, 15) is 18.3 Å². The van der Waals surface area contributed by atoms with E-state index in [1.807, 2.05) is 6.92 Å². The Balaban J connectivity index is 2.00. The highest BCUT2D eigenvalue weighted by Crippen LogP contribution is 2.34. The Morgan fingerprint density at radius 3 is 2.67 bits per heavy atom. The van der Waals surface area contributed by atoms with Gasteiger partial charge in [0.1, 0.15) is 22.4 Å². The Morgan fingerprint density at radius 1 is 1.28 bits per heavy atom. The number of amides is 1. The van der Waals surface area contributed by atoms with E-state index in [0.29, 0.717) is 17.2 Å². The van der Waals surface area contributed by atoms with Crippen LogP contribution >= 0.6 is 0 Å². The number of nitrogens with zero attached hydrogens (tertiary/aromatic N) is 3. The summed E-state index contributed by atoms with van der Waals surface area (Å²) in [6.07, 6.45) is 1.77. The Morgan fingerprint density at radius 2 is 2.03 bits per heavy atom. The van der Waals surface area contributed by atoms with Crippen molar-refractivity contribution in [2.24, 2.45) is 11.8 Å². The number of aromatic nitrogens is 1. The highest BCUT2D eigenvalue weighted by atomic mass is 32.2. The molecule has 0 fully saturated rings. The molecule has 3 atom stereocenters. The summed E-state index contributed by atoms with van der Waals surface area (Å²) >= 11 is 0. The second kappa shape index (κ2) is 11.9. The van der Waals surface area contributed by atoms with E-state index < -0.39 is 22.2 Å². The van der Waals surface area contributed by atoms with E-state index in [-0.39, 0.29) is 42.2 Å². The summed E-state index contributed by atoms with van der Waals surface area (Å²) in [4.78, 5) is 18.6. The third-order valence-corrected chi connectivity index (χ3v) is 8.11. The van der Waals surface area contributed by atoms with Gasteiger partial charge in [-0.2, -0.15) is 4.31 Å². The van der Waals surface area contributed by atoms with Crippen molar-refractivity contribution in [3.05, 3.63) is 53.9 Å². The lowest BCUT2D eigenvalue weighted by Gasteiger charge is -2.37. The Labute approximate surface area is 214 Å². The number of sulfonamides is 1. The number of fused-ring (bicyclic) bond motifs is 1. The molecule has 0 unspecified atom stereocenters. The molecular formula is C27H35N3O5S. The third kappa shape index (κ3) is 6.44. The largest absolute Gasteiger partial charge is 0.487 e. The van der Waals surface area contributed by atoms with Crippen LogP contribution in [0.1, 0.15) is 50.2 Å². The molecule has 1 aromatic carbocycles. The van der Waals surface area contributed by atoms with E-state index in [4.69, 9.17) is 4.74 Å². The van der Waals surface area contributed by atoms with Gasteiger partial charge in [0.25, 0.3) is 5.91 Å². The SMILES string of the molecule is CC(C)CC#Cc1ccc2c(c1)O[C@@H](CN(C)C(=O)c1ccccn1)[C@H](C)CN([C@@H](C)CO)S2(=O)=O. The van der Waals surface area contributed by atoms with Crippen LogP contribution in [0.15, 0.2) is 47.5 Å². The first-order chi connectivity index (χ1) is 17.0. The van der Waals surface area contributed by atoms with Crippen LogP contribution in [0, 0.1) is 23.7 Å². The van der Waals surface area contributed by atoms with Crippen molar-refractivity contribution in [3.63, 3.8) is 0 Å². The number of benzene rings is 1. The predicted octanol–water partition coefficient (Wildman–Crippen LogP) is 3.02. The minimum Gasteiger partial charge on any atom is -0.487 e. The van der Waals surface area contributed by atoms with Gasteiger partial charge in [-0.25, -0.2) is 8.42 Å². The maximum Gasteiger partial charge on any atom is 0.272 e. The molecule has 8 nitrogen and oxygen atoms in total. The maximum absolute atomic E-state index is 13.6. The number of aliphatic hydroxyl groups is 1. The van der Waals surface area contributed by atoms with Gasteiger partial charge in [-0.15, -0.1) is 0 Å². The standard InChI is InChI=1S/C27H35N3O5S/c1-19(2)9-8-10-22-12-13-26-24(15-22)35-25(17-29(5)27(32)23-11-6-7-14-28-23)20(3)16-30(21(4)18-31)36(26,33)34/h6-7,11-15,19-21,25,31H,9,16-18H2,1-5H3/t20-,21+,25+/m1/s1. The first-order valence-electron chi connectivity index (χ1n) is 12.1. The number of aliphatic hydroxyl groups excluding tert-OH is 1. The average Bonchev–Trinajstić information content (AvgIpc) is 2.85. The molecule has 0 bridgehead atoms. The first-order valence-corrected chi connectivity index (χ1v) is 13.6. The lowest BCUT2D eigenvalue weighted by molar-refractivity contribution is 0.0559. The molecule has 2 aromatic rings. The summed E-state index contributed by atoms with van der Waals surface area (Å²) < 4.78 is 34.8. The Bertz CT molecular complexity index is 1220. The molecule has 0 radical (unpaired) electrons. The summed E-state index contributed by atoms with van der Waals surface area (Å²) in [5, 5.41) is 9.80. The van der Waals surface area contributed by atoms with Crippen molar-refractivity contribution in [3.8, 4) is 17.6 Å². The smallest absolute Gasteiger partial charge is 0.272 e. The maximum atomic E-state index is 13.6. The number of likely N-dealkylation sites (N-methyl/N-ethyl adjacent to an activating group) is 1. The molecule has 3 rings (SSSR count). The van der Waals surface area contributed by atoms with Gasteiger partial charge in [-0.05, 0) is 43.2 Å². The van der Waals surface area contributed by atoms with Crippen LogP contribution in [0.4, 0.5) is 0 Å². The fraction of sp³-hybridized carbons (Fsp3) is 0.481. The summed E-state index contributed by atoms with van der Waals surface area (Å²) in [7, 11) is -2.27. The van der Waals surface area contributed by atoms with E-state index in [2.05, 4.69) is 30.7 Å². The summed E-state index contributed by atoms with van der Waals surface area (Å²) in [6, 6.07) is 9.35. The third-order valence-electron chi connectivity index (χ3n) is 6.09. The number of rotatable bonds is 6. The molecule has 0 saturated carbocycles. The van der Waals surface area contributed by atoms with Crippen molar-refractivity contribution < 1.29 is 23.1 Å². The van der Waals surface area contributed by atoms with E-state index in [1.54, 1.807) is 50.5 Å². The summed E-state index contributed by atoms with van der Waals surface area (Å²) in [6.45, 7) is 7.75. The molecule has 1 aliphatic heterocycles. The number of hydrogen-bond donors (Lipinski definition) is 1. The zero-order chi connectivity index (χ0) is 26.5. The Hall–Kier alpha value is -2.93. The first kappa shape index (κ1) is 27.7. The van der Waals surface area contributed by atoms with Crippen molar-refractivity contribution in [1.82, 2.24) is 14.2 Å².